The van der Waals surface area contributed by atoms with Gasteiger partial charge in [0.25, 0.3) is 0 Å². The number of carbonyl (C=O) groups is 1. The molecule has 3 rings (SSSR count). The predicted molar refractivity (Wildman–Crippen MR) is 135 cm³/mol. The second kappa shape index (κ2) is 10.7. The maximum Gasteiger partial charge on any atom is 0.170 e. The van der Waals surface area contributed by atoms with E-state index < -0.39 is 0 Å². The lowest BCUT2D eigenvalue weighted by molar-refractivity contribution is 0.0910. The summed E-state index contributed by atoms with van der Waals surface area (Å²) in [7, 11) is 0. The Hall–Kier alpha value is -3.11. The van der Waals surface area contributed by atoms with Crippen LogP contribution in [-0.4, -0.2) is 17.9 Å². The molecule has 0 radical (unpaired) electrons. The molecule has 0 saturated carbocycles. The van der Waals surface area contributed by atoms with Crippen LogP contribution < -0.4 is 14.8 Å². The largest absolute Gasteiger partial charge is 0.453 e. The number of rotatable bonds is 9. The minimum absolute atomic E-state index is 0.0425. The van der Waals surface area contributed by atoms with Gasteiger partial charge in [0, 0.05) is 23.6 Å². The van der Waals surface area contributed by atoms with Crippen molar-refractivity contribution in [3.05, 3.63) is 83.4 Å². The van der Waals surface area contributed by atoms with Crippen LogP contribution in [0.4, 0.5) is 0 Å². The van der Waals surface area contributed by atoms with Crippen LogP contribution in [0.3, 0.4) is 0 Å². The Morgan fingerprint density at radius 2 is 1.33 bits per heavy atom. The summed E-state index contributed by atoms with van der Waals surface area (Å²) >= 11 is 0. The van der Waals surface area contributed by atoms with Crippen LogP contribution >= 0.6 is 0 Å². The third kappa shape index (κ3) is 7.19. The van der Waals surface area contributed by atoms with Gasteiger partial charge in [-0.3, -0.25) is 4.79 Å². The molecule has 0 fully saturated rings. The van der Waals surface area contributed by atoms with E-state index in [1.54, 1.807) is 6.07 Å². The molecule has 1 N–H and O–H groups in total. The lowest BCUT2D eigenvalue weighted by Crippen LogP contribution is -2.40. The van der Waals surface area contributed by atoms with Gasteiger partial charge in [0.1, 0.15) is 11.5 Å². The van der Waals surface area contributed by atoms with Gasteiger partial charge in [-0.15, -0.1) is 0 Å². The molecule has 4 nitrogen and oxygen atoms in total. The number of hydrogen-bond acceptors (Lipinski definition) is 4. The van der Waals surface area contributed by atoms with Crippen LogP contribution in [0.5, 0.6) is 23.0 Å². The topological polar surface area (TPSA) is 47.6 Å². The zero-order valence-electron chi connectivity index (χ0n) is 20.6. The standard InChI is InChI=1S/C29H35NO3/c1-7-22(19-30-29(4,5)6)28(31)23-12-17-26(32-24-13-8-20(2)9-14-24)27(18-23)33-25-15-10-21(3)11-16-25/h8-18,22,30H,7,19H2,1-6H3. The van der Waals surface area contributed by atoms with E-state index >= 15 is 0 Å². The molecule has 0 spiro atoms. The smallest absolute Gasteiger partial charge is 0.170 e. The van der Waals surface area contributed by atoms with Crippen molar-refractivity contribution in [3.63, 3.8) is 0 Å². The number of ketones is 1. The number of benzene rings is 3. The minimum atomic E-state index is -0.111. The molecule has 0 aliphatic carbocycles. The van der Waals surface area contributed by atoms with E-state index in [-0.39, 0.29) is 17.2 Å². The Morgan fingerprint density at radius 1 is 0.818 bits per heavy atom. The Balaban J connectivity index is 1.91. The van der Waals surface area contributed by atoms with Gasteiger partial charge in [0.05, 0.1) is 0 Å². The first-order chi connectivity index (χ1) is 15.6. The van der Waals surface area contributed by atoms with Crippen LogP contribution in [0, 0.1) is 19.8 Å². The molecule has 0 saturated heterocycles. The summed E-state index contributed by atoms with van der Waals surface area (Å²) in [5.74, 6) is 2.49. The molecular formula is C29H35NO3. The Kier molecular flexibility index (Phi) is 7.93. The summed E-state index contributed by atoms with van der Waals surface area (Å²) in [4.78, 5) is 13.3. The average molecular weight is 446 g/mol. The number of Topliss-reactive ketones (excluding diaryl/α,β-unsaturated/α-hetero) is 1. The van der Waals surface area contributed by atoms with Crippen molar-refractivity contribution in [3.8, 4) is 23.0 Å². The lowest BCUT2D eigenvalue weighted by Gasteiger charge is -2.24. The summed E-state index contributed by atoms with van der Waals surface area (Å²) in [5, 5.41) is 3.46. The third-order valence-corrected chi connectivity index (χ3v) is 5.47. The molecule has 0 aliphatic heterocycles. The van der Waals surface area contributed by atoms with E-state index in [0.29, 0.717) is 35.1 Å². The highest BCUT2D eigenvalue weighted by Gasteiger charge is 2.22. The monoisotopic (exact) mass is 445 g/mol. The molecule has 174 valence electrons. The van der Waals surface area contributed by atoms with E-state index in [0.717, 1.165) is 17.5 Å². The number of aryl methyl sites for hydroxylation is 2. The summed E-state index contributed by atoms with van der Waals surface area (Å²) in [6, 6.07) is 21.1. The molecule has 1 atom stereocenters. The Morgan fingerprint density at radius 3 is 1.82 bits per heavy atom. The first kappa shape index (κ1) is 24.5. The van der Waals surface area contributed by atoms with Gasteiger partial charge in [0.2, 0.25) is 0 Å². The third-order valence-electron chi connectivity index (χ3n) is 5.47. The second-order valence-electron chi connectivity index (χ2n) is 9.59. The molecule has 0 amide bonds. The SMILES string of the molecule is CCC(CNC(C)(C)C)C(=O)c1ccc(Oc2ccc(C)cc2)c(Oc2ccc(C)cc2)c1. The van der Waals surface area contributed by atoms with Crippen molar-refractivity contribution in [2.24, 2.45) is 5.92 Å². The minimum Gasteiger partial charge on any atom is -0.453 e. The Bertz CT molecular complexity index is 1060. The highest BCUT2D eigenvalue weighted by atomic mass is 16.5. The lowest BCUT2D eigenvalue weighted by atomic mass is 9.94. The van der Waals surface area contributed by atoms with Gasteiger partial charge in [-0.2, -0.15) is 0 Å². The first-order valence-electron chi connectivity index (χ1n) is 11.6. The molecule has 0 aromatic heterocycles. The fourth-order valence-electron chi connectivity index (χ4n) is 3.38. The molecule has 33 heavy (non-hydrogen) atoms. The fourth-order valence-corrected chi connectivity index (χ4v) is 3.38. The van der Waals surface area contributed by atoms with Crippen molar-refractivity contribution in [1.82, 2.24) is 5.32 Å². The number of hydrogen-bond donors (Lipinski definition) is 1. The van der Waals surface area contributed by atoms with E-state index in [2.05, 4.69) is 26.1 Å². The molecular weight excluding hydrogens is 410 g/mol. The summed E-state index contributed by atoms with van der Waals surface area (Å²) in [6.45, 7) is 13.1. The zero-order valence-corrected chi connectivity index (χ0v) is 20.6. The van der Waals surface area contributed by atoms with Crippen LogP contribution in [0.25, 0.3) is 0 Å². The normalized spacial score (nSPS) is 12.3. The molecule has 4 heteroatoms. The quantitative estimate of drug-likeness (QED) is 0.347. The molecule has 1 unspecified atom stereocenters. The van der Waals surface area contributed by atoms with Crippen molar-refractivity contribution in [2.45, 2.75) is 53.5 Å². The summed E-state index contributed by atoms with van der Waals surface area (Å²) < 4.78 is 12.3. The maximum absolute atomic E-state index is 13.3. The second-order valence-corrected chi connectivity index (χ2v) is 9.59. The first-order valence-corrected chi connectivity index (χ1v) is 11.6. The summed E-state index contributed by atoms with van der Waals surface area (Å²) in [5.41, 5.74) is 2.89. The van der Waals surface area contributed by atoms with Gasteiger partial charge in [-0.05, 0) is 83.5 Å². The van der Waals surface area contributed by atoms with Gasteiger partial charge < -0.3 is 14.8 Å². The molecule has 0 bridgehead atoms. The predicted octanol–water partition coefficient (Wildman–Crippen LogP) is 7.49. The molecule has 0 heterocycles. The molecule has 0 aliphatic rings. The van der Waals surface area contributed by atoms with E-state index in [1.165, 1.54) is 0 Å². The molecule has 3 aromatic rings. The van der Waals surface area contributed by atoms with E-state index in [4.69, 9.17) is 9.47 Å². The Labute approximate surface area is 197 Å². The van der Waals surface area contributed by atoms with Gasteiger partial charge in [-0.25, -0.2) is 0 Å². The summed E-state index contributed by atoms with van der Waals surface area (Å²) in [6.07, 6.45) is 0.762. The highest BCUT2D eigenvalue weighted by Crippen LogP contribution is 2.36. The van der Waals surface area contributed by atoms with Gasteiger partial charge in [0.15, 0.2) is 17.3 Å². The van der Waals surface area contributed by atoms with Crippen LogP contribution in [-0.2, 0) is 0 Å². The van der Waals surface area contributed by atoms with Crippen molar-refractivity contribution in [1.29, 1.82) is 0 Å². The number of nitrogens with one attached hydrogen (secondary N) is 1. The van der Waals surface area contributed by atoms with Crippen LogP contribution in [0.15, 0.2) is 66.7 Å². The fraction of sp³-hybridized carbons (Fsp3) is 0.345. The molecule has 3 aromatic carbocycles. The van der Waals surface area contributed by atoms with Crippen molar-refractivity contribution in [2.75, 3.05) is 6.54 Å². The van der Waals surface area contributed by atoms with Crippen molar-refractivity contribution >= 4 is 5.78 Å². The van der Waals surface area contributed by atoms with E-state index in [1.807, 2.05) is 81.4 Å². The zero-order chi connectivity index (χ0) is 24.0. The highest BCUT2D eigenvalue weighted by molar-refractivity contribution is 5.98. The van der Waals surface area contributed by atoms with Gasteiger partial charge >= 0.3 is 0 Å². The number of carbonyl (C=O) groups excluding carboxylic acids is 1. The average Bonchev–Trinajstić information content (AvgIpc) is 2.77. The van der Waals surface area contributed by atoms with Gasteiger partial charge in [-0.1, -0.05) is 42.3 Å². The van der Waals surface area contributed by atoms with E-state index in [9.17, 15) is 4.79 Å². The van der Waals surface area contributed by atoms with Crippen LogP contribution in [0.1, 0.15) is 55.6 Å². The van der Waals surface area contributed by atoms with Crippen LogP contribution in [0.2, 0.25) is 0 Å². The van der Waals surface area contributed by atoms with Crippen molar-refractivity contribution < 1.29 is 14.3 Å². The number of ether oxygens (including phenoxy) is 2. The maximum atomic E-state index is 13.3.